The molecule has 2 nitrogen and oxygen atoms in total. The number of nitrogens with two attached hydrogens (primary N) is 1. The molecule has 0 bridgehead atoms. The quantitative estimate of drug-likeness (QED) is 0.825. The molecule has 86 valence electrons. The monoisotopic (exact) mass is 217 g/mol. The topological polar surface area (TPSA) is 35.2 Å². The molecule has 1 aromatic carbocycles. The third-order valence-electron chi connectivity index (χ3n) is 4.38. The van der Waals surface area contributed by atoms with E-state index in [1.807, 2.05) is 0 Å². The molecule has 1 aliphatic carbocycles. The summed E-state index contributed by atoms with van der Waals surface area (Å²) in [4.78, 5) is 0. The molecule has 1 aromatic rings. The fourth-order valence-electron chi connectivity index (χ4n) is 3.29. The van der Waals surface area contributed by atoms with E-state index < -0.39 is 0 Å². The van der Waals surface area contributed by atoms with Crippen LogP contribution in [0.3, 0.4) is 0 Å². The van der Waals surface area contributed by atoms with E-state index in [0.29, 0.717) is 17.3 Å². The Bertz CT molecular complexity index is 425. The van der Waals surface area contributed by atoms with Gasteiger partial charge in [-0.15, -0.1) is 0 Å². The van der Waals surface area contributed by atoms with Crippen molar-refractivity contribution in [1.82, 2.24) is 0 Å². The summed E-state index contributed by atoms with van der Waals surface area (Å²) < 4.78 is 5.78. The smallest absolute Gasteiger partial charge is 0.126 e. The van der Waals surface area contributed by atoms with Crippen molar-refractivity contribution in [3.63, 3.8) is 0 Å². The molecule has 2 heteroatoms. The summed E-state index contributed by atoms with van der Waals surface area (Å²) >= 11 is 0. The van der Waals surface area contributed by atoms with E-state index >= 15 is 0 Å². The predicted molar refractivity (Wildman–Crippen MR) is 64.7 cm³/mol. The molecular formula is C14H19NO. The minimum absolute atomic E-state index is 0.343. The van der Waals surface area contributed by atoms with E-state index in [1.165, 1.54) is 11.1 Å². The van der Waals surface area contributed by atoms with Crippen LogP contribution in [0.25, 0.3) is 0 Å². The lowest BCUT2D eigenvalue weighted by molar-refractivity contribution is 0.352. The highest BCUT2D eigenvalue weighted by Gasteiger charge is 2.58. The van der Waals surface area contributed by atoms with Crippen LogP contribution in [0.1, 0.15) is 30.9 Å². The van der Waals surface area contributed by atoms with Crippen molar-refractivity contribution in [1.29, 1.82) is 0 Å². The second-order valence-electron chi connectivity index (χ2n) is 5.58. The zero-order valence-corrected chi connectivity index (χ0v) is 9.99. The van der Waals surface area contributed by atoms with Gasteiger partial charge in [0, 0.05) is 6.42 Å². The zero-order chi connectivity index (χ0) is 11.3. The summed E-state index contributed by atoms with van der Waals surface area (Å²) in [5, 5.41) is 0. The van der Waals surface area contributed by atoms with Crippen LogP contribution in [-0.2, 0) is 6.42 Å². The first kappa shape index (κ1) is 10.2. The third kappa shape index (κ3) is 1.23. The van der Waals surface area contributed by atoms with Crippen LogP contribution in [0.4, 0.5) is 0 Å². The van der Waals surface area contributed by atoms with Crippen LogP contribution >= 0.6 is 0 Å². The summed E-state index contributed by atoms with van der Waals surface area (Å²) in [5.74, 6) is 2.35. The highest BCUT2D eigenvalue weighted by atomic mass is 16.5. The number of rotatable bonds is 2. The normalized spacial score (nSPS) is 29.7. The van der Waals surface area contributed by atoms with Crippen molar-refractivity contribution in [3.8, 4) is 5.75 Å². The molecule has 1 heterocycles. The molecule has 16 heavy (non-hydrogen) atoms. The van der Waals surface area contributed by atoms with Gasteiger partial charge in [0.15, 0.2) is 0 Å². The van der Waals surface area contributed by atoms with E-state index in [0.717, 1.165) is 25.3 Å². The Morgan fingerprint density at radius 3 is 2.94 bits per heavy atom. The number of fused-ring (bicyclic) bond motifs is 1. The Hall–Kier alpha value is -1.02. The maximum atomic E-state index is 5.84. The van der Waals surface area contributed by atoms with Gasteiger partial charge in [-0.3, -0.25) is 0 Å². The van der Waals surface area contributed by atoms with Gasteiger partial charge < -0.3 is 10.5 Å². The minimum Gasteiger partial charge on any atom is -0.493 e. The van der Waals surface area contributed by atoms with Crippen molar-refractivity contribution < 1.29 is 4.74 Å². The number of hydrogen-bond acceptors (Lipinski definition) is 2. The Morgan fingerprint density at radius 1 is 1.44 bits per heavy atom. The maximum absolute atomic E-state index is 5.84. The highest BCUT2D eigenvalue weighted by Crippen LogP contribution is 2.65. The SMILES string of the molecule is CC1(C)[C@H](CN)[C@H]1c1cccc2c1OCC2. The first-order valence-electron chi connectivity index (χ1n) is 6.11. The predicted octanol–water partition coefficient (Wildman–Crippen LogP) is 2.32. The second kappa shape index (κ2) is 3.24. The van der Waals surface area contributed by atoms with Gasteiger partial charge in [0.2, 0.25) is 0 Å². The first-order valence-corrected chi connectivity index (χ1v) is 6.11. The molecule has 1 fully saturated rings. The maximum Gasteiger partial charge on any atom is 0.126 e. The van der Waals surface area contributed by atoms with E-state index in [-0.39, 0.29) is 0 Å². The summed E-state index contributed by atoms with van der Waals surface area (Å²) in [7, 11) is 0. The van der Waals surface area contributed by atoms with Crippen LogP contribution in [0.5, 0.6) is 5.75 Å². The number of benzene rings is 1. The Labute approximate surface area is 96.8 Å². The van der Waals surface area contributed by atoms with Crippen LogP contribution in [-0.4, -0.2) is 13.2 Å². The van der Waals surface area contributed by atoms with Crippen molar-refractivity contribution in [2.45, 2.75) is 26.2 Å². The van der Waals surface area contributed by atoms with Gasteiger partial charge in [-0.2, -0.15) is 0 Å². The van der Waals surface area contributed by atoms with Crippen molar-refractivity contribution in [2.24, 2.45) is 17.1 Å². The third-order valence-corrected chi connectivity index (χ3v) is 4.38. The van der Waals surface area contributed by atoms with Crippen molar-refractivity contribution in [3.05, 3.63) is 29.3 Å². The lowest BCUT2D eigenvalue weighted by atomic mass is 9.99. The van der Waals surface area contributed by atoms with E-state index in [1.54, 1.807) is 0 Å². The minimum atomic E-state index is 0.343. The Balaban J connectivity index is 2.00. The average molecular weight is 217 g/mol. The van der Waals surface area contributed by atoms with Crippen molar-refractivity contribution in [2.75, 3.05) is 13.2 Å². The summed E-state index contributed by atoms with van der Waals surface area (Å²) in [6.45, 7) is 6.24. The molecule has 1 aliphatic heterocycles. The molecule has 2 aliphatic rings. The number of ether oxygens (including phenoxy) is 1. The van der Waals surface area contributed by atoms with E-state index in [9.17, 15) is 0 Å². The lowest BCUT2D eigenvalue weighted by Gasteiger charge is -2.09. The largest absolute Gasteiger partial charge is 0.493 e. The number of para-hydroxylation sites is 1. The summed E-state index contributed by atoms with van der Waals surface area (Å²) in [6, 6.07) is 6.55. The molecule has 1 saturated carbocycles. The summed E-state index contributed by atoms with van der Waals surface area (Å²) in [6.07, 6.45) is 1.06. The van der Waals surface area contributed by atoms with Gasteiger partial charge in [0.1, 0.15) is 5.75 Å². The Kier molecular flexibility index (Phi) is 2.05. The van der Waals surface area contributed by atoms with E-state index in [2.05, 4.69) is 32.0 Å². The summed E-state index contributed by atoms with van der Waals surface area (Å²) in [5.41, 5.74) is 8.94. The number of hydrogen-bond donors (Lipinski definition) is 1. The van der Waals surface area contributed by atoms with Gasteiger partial charge in [-0.1, -0.05) is 32.0 Å². The highest BCUT2D eigenvalue weighted by molar-refractivity contribution is 5.49. The zero-order valence-electron chi connectivity index (χ0n) is 9.99. The fourth-order valence-corrected chi connectivity index (χ4v) is 3.29. The molecule has 2 atom stereocenters. The molecule has 0 radical (unpaired) electrons. The second-order valence-corrected chi connectivity index (χ2v) is 5.58. The average Bonchev–Trinajstić information content (AvgIpc) is 2.65. The molecule has 0 amide bonds. The van der Waals surface area contributed by atoms with Gasteiger partial charge in [0.05, 0.1) is 6.61 Å². The van der Waals surface area contributed by atoms with Crippen molar-refractivity contribution >= 4 is 0 Å². The fraction of sp³-hybridized carbons (Fsp3) is 0.571. The standard InChI is InChI=1S/C14H19NO/c1-14(2)11(8-15)12(14)10-5-3-4-9-6-7-16-13(9)10/h3-5,11-12H,6-8,15H2,1-2H3/t11-,12-/m1/s1. The molecule has 0 unspecified atom stereocenters. The molecule has 0 aromatic heterocycles. The van der Waals surface area contributed by atoms with Crippen LogP contribution < -0.4 is 10.5 Å². The van der Waals surface area contributed by atoms with Gasteiger partial charge in [-0.05, 0) is 34.9 Å². The van der Waals surface area contributed by atoms with E-state index in [4.69, 9.17) is 10.5 Å². The van der Waals surface area contributed by atoms with Gasteiger partial charge >= 0.3 is 0 Å². The van der Waals surface area contributed by atoms with Crippen LogP contribution in [0.15, 0.2) is 18.2 Å². The molecule has 0 saturated heterocycles. The van der Waals surface area contributed by atoms with Crippen LogP contribution in [0.2, 0.25) is 0 Å². The lowest BCUT2D eigenvalue weighted by Crippen LogP contribution is -2.05. The van der Waals surface area contributed by atoms with Gasteiger partial charge in [-0.25, -0.2) is 0 Å². The molecule has 0 spiro atoms. The van der Waals surface area contributed by atoms with Crippen LogP contribution in [0, 0.1) is 11.3 Å². The first-order chi connectivity index (χ1) is 7.66. The molecule has 3 rings (SSSR count). The Morgan fingerprint density at radius 2 is 2.25 bits per heavy atom. The molecular weight excluding hydrogens is 198 g/mol. The molecule has 2 N–H and O–H groups in total. The van der Waals surface area contributed by atoms with Gasteiger partial charge in [0.25, 0.3) is 0 Å².